The molecule has 0 aliphatic heterocycles. The summed E-state index contributed by atoms with van der Waals surface area (Å²) in [6, 6.07) is 43.4. The molecule has 312 valence electrons. The molecule has 5 nitrogen and oxygen atoms in total. The molecule has 0 N–H and O–H groups in total. The molecule has 3 aromatic heterocycles. The van der Waals surface area contributed by atoms with Gasteiger partial charge in [0.05, 0.1) is 30.4 Å². The van der Waals surface area contributed by atoms with E-state index in [4.69, 9.17) is 23.4 Å². The van der Waals surface area contributed by atoms with E-state index in [-0.39, 0.29) is 54.4 Å². The summed E-state index contributed by atoms with van der Waals surface area (Å²) in [5, 5.41) is 2.01. The van der Waals surface area contributed by atoms with Crippen molar-refractivity contribution in [2.75, 3.05) is 0 Å². The second-order valence-corrected chi connectivity index (χ2v) is 16.1. The van der Waals surface area contributed by atoms with Gasteiger partial charge in [-0.3, -0.25) is 4.57 Å². The molecule has 0 fully saturated rings. The zero-order valence-corrected chi connectivity index (χ0v) is 37.1. The van der Waals surface area contributed by atoms with E-state index >= 15 is 0 Å². The summed E-state index contributed by atoms with van der Waals surface area (Å²) in [4.78, 5) is 4.82. The Hall–Kier alpha value is -7.33. The van der Waals surface area contributed by atoms with Gasteiger partial charge in [0.15, 0.2) is 0 Å². The monoisotopic (exact) mass is 1020 g/mol. The van der Waals surface area contributed by atoms with E-state index < -0.39 is 60.4 Å². The average Bonchev–Trinajstić information content (AvgIpc) is 3.95. The van der Waals surface area contributed by atoms with Crippen LogP contribution in [0.5, 0.6) is 11.5 Å². The van der Waals surface area contributed by atoms with Crippen LogP contribution in [0.4, 0.5) is 0 Å². The number of fused-ring (bicyclic) bond motifs is 4. The Kier molecular flexibility index (Phi) is 8.03. The Morgan fingerprint density at radius 1 is 0.609 bits per heavy atom. The predicted octanol–water partition coefficient (Wildman–Crippen LogP) is 13.9. The van der Waals surface area contributed by atoms with E-state index in [1.165, 1.54) is 0 Å². The van der Waals surface area contributed by atoms with Crippen LogP contribution in [0, 0.1) is 18.5 Å². The number of hydrogen-bond acceptors (Lipinski definition) is 2. The fourth-order valence-corrected chi connectivity index (χ4v) is 8.23. The van der Waals surface area contributed by atoms with Crippen LogP contribution >= 0.6 is 0 Å². The third-order valence-corrected chi connectivity index (χ3v) is 11.2. The molecule has 0 amide bonds. The Bertz CT molecular complexity index is 3930. The van der Waals surface area contributed by atoms with Gasteiger partial charge in [-0.15, -0.1) is 29.7 Å². The van der Waals surface area contributed by atoms with Gasteiger partial charge in [0.1, 0.15) is 5.82 Å². The SMILES string of the molecule is [2H]c1c([2H])c([2H])c(-c2cccc(-c3c([2H])c([2H])c([2H])c([2H])c3[2H])c2-[n+]2[c-]n(-c3[c-]c(Oc4[c-]c5c(cc4)c4ccccc4n5-c4cc(C(C)(C)C)ccn4)ccc3)c3c(-c4ccccc4)cccc32)c([2H])c1[2H].[Pt]. The smallest absolute Gasteiger partial charge is 0.268 e. The topological polar surface area (TPSA) is 35.9 Å². The quantitative estimate of drug-likeness (QED) is 0.112. The molecule has 0 unspecified atom stereocenters. The normalized spacial score (nSPS) is 13.7. The Balaban J connectivity index is 0.00000626. The van der Waals surface area contributed by atoms with Crippen molar-refractivity contribution in [3.05, 3.63) is 224 Å². The van der Waals surface area contributed by atoms with Gasteiger partial charge >= 0.3 is 0 Å². The Morgan fingerprint density at radius 2 is 1.27 bits per heavy atom. The summed E-state index contributed by atoms with van der Waals surface area (Å²) in [5.74, 6) is 1.53. The van der Waals surface area contributed by atoms with E-state index in [1.54, 1.807) is 33.4 Å². The van der Waals surface area contributed by atoms with Gasteiger partial charge in [0.25, 0.3) is 6.33 Å². The van der Waals surface area contributed by atoms with E-state index in [1.807, 2.05) is 97.2 Å². The summed E-state index contributed by atoms with van der Waals surface area (Å²) in [5.41, 5.74) is 6.14. The number of pyridine rings is 1. The largest absolute Gasteiger partial charge is 0.510 e. The number of hydrogen-bond donors (Lipinski definition) is 0. The Morgan fingerprint density at radius 3 is 2.00 bits per heavy atom. The van der Waals surface area contributed by atoms with Gasteiger partial charge in [-0.25, -0.2) is 4.98 Å². The summed E-state index contributed by atoms with van der Waals surface area (Å²) in [7, 11) is 0. The van der Waals surface area contributed by atoms with Crippen molar-refractivity contribution < 1.29 is 44.1 Å². The van der Waals surface area contributed by atoms with Crippen molar-refractivity contribution in [3.8, 4) is 62.1 Å². The number of rotatable bonds is 8. The molecule has 0 atom stereocenters. The van der Waals surface area contributed by atoms with Gasteiger partial charge < -0.3 is 13.9 Å². The second kappa shape index (κ2) is 16.7. The van der Waals surface area contributed by atoms with Crippen LogP contribution in [-0.4, -0.2) is 14.1 Å². The van der Waals surface area contributed by atoms with Gasteiger partial charge in [-0.2, -0.15) is 18.2 Å². The molecule has 11 rings (SSSR count). The van der Waals surface area contributed by atoms with Crippen LogP contribution in [-0.2, 0) is 26.5 Å². The number of para-hydroxylation sites is 3. The average molecular weight is 1020 g/mol. The van der Waals surface area contributed by atoms with Crippen molar-refractivity contribution in [1.29, 1.82) is 0 Å². The zero-order valence-electron chi connectivity index (χ0n) is 44.8. The maximum Gasteiger partial charge on any atom is 0.268 e. The van der Waals surface area contributed by atoms with Crippen molar-refractivity contribution in [2.45, 2.75) is 26.2 Å². The molecule has 0 aliphatic rings. The maximum absolute atomic E-state index is 9.13. The first-order chi connectivity index (χ1) is 35.0. The number of imidazole rings is 1. The molecule has 3 heterocycles. The van der Waals surface area contributed by atoms with E-state index in [9.17, 15) is 0 Å². The third kappa shape index (κ3) is 7.32. The first-order valence-electron chi connectivity index (χ1n) is 25.5. The van der Waals surface area contributed by atoms with Gasteiger partial charge in [-0.05, 0) is 73.6 Å². The summed E-state index contributed by atoms with van der Waals surface area (Å²) >= 11 is 0. The molecule has 8 aromatic carbocycles. The summed E-state index contributed by atoms with van der Waals surface area (Å²) < 4.78 is 100. The van der Waals surface area contributed by atoms with Crippen LogP contribution in [0.25, 0.3) is 83.4 Å². The molecular weight excluding hydrogens is 964 g/mol. The minimum Gasteiger partial charge on any atom is -0.510 e. The van der Waals surface area contributed by atoms with Crippen LogP contribution in [0.3, 0.4) is 0 Å². The molecular formula is C58H42N4OPt-2. The first kappa shape index (κ1) is 30.7. The second-order valence-electron chi connectivity index (χ2n) is 16.1. The van der Waals surface area contributed by atoms with E-state index in [0.29, 0.717) is 28.2 Å². The van der Waals surface area contributed by atoms with Gasteiger partial charge in [0, 0.05) is 44.3 Å². The van der Waals surface area contributed by atoms with E-state index in [2.05, 4.69) is 62.0 Å². The van der Waals surface area contributed by atoms with Crippen molar-refractivity contribution >= 4 is 32.8 Å². The third-order valence-electron chi connectivity index (χ3n) is 11.2. The predicted molar refractivity (Wildman–Crippen MR) is 255 cm³/mol. The number of aromatic nitrogens is 4. The van der Waals surface area contributed by atoms with Crippen LogP contribution < -0.4 is 9.30 Å². The van der Waals surface area contributed by atoms with Crippen molar-refractivity contribution in [3.63, 3.8) is 0 Å². The molecule has 0 aliphatic carbocycles. The number of nitrogens with zero attached hydrogens (tertiary/aromatic N) is 4. The number of benzene rings is 8. The fraction of sp³-hybridized carbons (Fsp3) is 0.0690. The minimum absolute atomic E-state index is 0. The van der Waals surface area contributed by atoms with Crippen LogP contribution in [0.15, 0.2) is 200 Å². The molecule has 0 spiro atoms. The molecule has 0 radical (unpaired) electrons. The fourth-order valence-electron chi connectivity index (χ4n) is 8.23. The zero-order chi connectivity index (χ0) is 51.2. The maximum atomic E-state index is 9.13. The van der Waals surface area contributed by atoms with Crippen molar-refractivity contribution in [2.24, 2.45) is 0 Å². The van der Waals surface area contributed by atoms with Gasteiger partial charge in [0.2, 0.25) is 0 Å². The first-order valence-corrected chi connectivity index (χ1v) is 20.5. The molecule has 64 heavy (non-hydrogen) atoms. The molecule has 0 saturated carbocycles. The standard InChI is InChI=1S/C58H42N4O.Pt/c1-58(2,3)43-34-35-59-55(36-43)62-52-30-14-13-26-50(52)51-33-32-46(38-54(51)62)63-45-25-15-24-44(37-45)60-39-61(53-31-17-29-49(57(53)60)42-22-11-6-12-23-42)56-47(40-18-7-4-8-19-40)27-16-28-48(56)41-20-9-5-10-21-41;/h4-36H,1-3H3;/q-2;/i4D,5D,7D,8D,9D,10D,18D,19D,20D,21D;. The Labute approximate surface area is 401 Å². The molecule has 0 saturated heterocycles. The van der Waals surface area contributed by atoms with E-state index in [0.717, 1.165) is 44.3 Å². The molecule has 6 heteroatoms. The van der Waals surface area contributed by atoms with Gasteiger partial charge in [-0.1, -0.05) is 172 Å². The molecule has 0 bridgehead atoms. The van der Waals surface area contributed by atoms with Crippen molar-refractivity contribution in [1.82, 2.24) is 14.1 Å². The summed E-state index contributed by atoms with van der Waals surface area (Å²) in [6.45, 7) is 6.51. The number of ether oxygens (including phenoxy) is 1. The summed E-state index contributed by atoms with van der Waals surface area (Å²) in [6.07, 6.45) is 5.34. The van der Waals surface area contributed by atoms with Crippen LogP contribution in [0.2, 0.25) is 0 Å². The minimum atomic E-state index is -0.578. The van der Waals surface area contributed by atoms with Crippen LogP contribution in [0.1, 0.15) is 40.0 Å². The molecule has 11 aromatic rings.